The van der Waals surface area contributed by atoms with E-state index < -0.39 is 11.1 Å². The first-order chi connectivity index (χ1) is 26.0. The van der Waals surface area contributed by atoms with Crippen LogP contribution in [0.2, 0.25) is 0 Å². The normalized spacial score (nSPS) is 20.1. The number of hydrogen-bond acceptors (Lipinski definition) is 6. The maximum absolute atomic E-state index is 13.6. The Bertz CT molecular complexity index is 1840. The maximum atomic E-state index is 13.6. The lowest BCUT2D eigenvalue weighted by molar-refractivity contribution is -0.130. The van der Waals surface area contributed by atoms with Crippen molar-refractivity contribution >= 4 is 11.8 Å². The number of aromatic nitrogens is 4. The minimum absolute atomic E-state index is 0.101. The highest BCUT2D eigenvalue weighted by Crippen LogP contribution is 2.42. The van der Waals surface area contributed by atoms with Crippen LogP contribution in [-0.2, 0) is 9.59 Å². The van der Waals surface area contributed by atoms with Crippen LogP contribution in [0.25, 0.3) is 33.6 Å². The first-order valence-corrected chi connectivity index (χ1v) is 20.5. The molecule has 0 unspecified atom stereocenters. The van der Waals surface area contributed by atoms with Crippen LogP contribution < -0.4 is 22.1 Å². The number of hydrogen-bond donors (Lipinski definition) is 6. The summed E-state index contributed by atoms with van der Waals surface area (Å²) in [5.41, 5.74) is 17.3. The monoisotopic (exact) mass is 763 g/mol. The molecule has 302 valence electrons. The summed E-state index contributed by atoms with van der Waals surface area (Å²) >= 11 is 0. The number of carbonyl (C=O) groups excluding carboxylic acids is 2. The van der Waals surface area contributed by atoms with Gasteiger partial charge in [0.05, 0.1) is 34.5 Å². The molecule has 2 atom stereocenters. The number of amides is 2. The molecule has 0 aliphatic heterocycles. The van der Waals surface area contributed by atoms with Crippen LogP contribution in [-0.4, -0.2) is 42.8 Å². The summed E-state index contributed by atoms with van der Waals surface area (Å²) in [5, 5.41) is 6.55. The lowest BCUT2D eigenvalue weighted by Crippen LogP contribution is -2.58. The number of carbonyl (C=O) groups is 2. The minimum Gasteiger partial charge on any atom is -0.346 e. The number of nitrogens with two attached hydrogens (primary N) is 2. The molecule has 2 aliphatic carbocycles. The second kappa shape index (κ2) is 14.9. The molecule has 10 nitrogen and oxygen atoms in total. The minimum atomic E-state index is -0.862. The molecule has 4 aromatic rings. The van der Waals surface area contributed by atoms with Crippen molar-refractivity contribution in [2.75, 3.05) is 0 Å². The van der Waals surface area contributed by atoms with E-state index in [0.717, 1.165) is 71.0 Å². The predicted octanol–water partition coefficient (Wildman–Crippen LogP) is 9.14. The number of benzene rings is 2. The fourth-order valence-electron chi connectivity index (χ4n) is 8.07. The summed E-state index contributed by atoms with van der Waals surface area (Å²) in [6.45, 7) is 21.6. The van der Waals surface area contributed by atoms with Crippen molar-refractivity contribution < 1.29 is 9.59 Å². The second-order valence-corrected chi connectivity index (χ2v) is 20.7. The molecule has 56 heavy (non-hydrogen) atoms. The summed E-state index contributed by atoms with van der Waals surface area (Å²) < 4.78 is 0. The average Bonchev–Trinajstić information content (AvgIpc) is 3.82. The Morgan fingerprint density at radius 3 is 1.12 bits per heavy atom. The number of rotatable bonds is 9. The van der Waals surface area contributed by atoms with Crippen molar-refractivity contribution in [1.29, 1.82) is 0 Å². The van der Waals surface area contributed by atoms with E-state index in [4.69, 9.17) is 21.4 Å². The molecule has 2 fully saturated rings. The van der Waals surface area contributed by atoms with Crippen molar-refractivity contribution in [2.45, 2.75) is 144 Å². The zero-order valence-electron chi connectivity index (χ0n) is 35.5. The van der Waals surface area contributed by atoms with Crippen molar-refractivity contribution in [3.05, 3.63) is 72.6 Å². The fourth-order valence-corrected chi connectivity index (χ4v) is 8.07. The number of H-pyrrole nitrogens is 2. The Hall–Kier alpha value is -4.28. The molecule has 6 rings (SSSR count). The fraction of sp³-hybridized carbons (Fsp3) is 0.565. The predicted molar refractivity (Wildman–Crippen MR) is 226 cm³/mol. The van der Waals surface area contributed by atoms with Crippen molar-refractivity contribution in [1.82, 2.24) is 30.6 Å². The van der Waals surface area contributed by atoms with E-state index in [1.54, 1.807) is 0 Å². The number of aromatic amines is 2. The van der Waals surface area contributed by atoms with Crippen LogP contribution in [0.1, 0.15) is 144 Å². The third-order valence-electron chi connectivity index (χ3n) is 12.6. The molecular weight excluding hydrogens is 697 g/mol. The van der Waals surface area contributed by atoms with E-state index in [9.17, 15) is 9.59 Å². The quantitative estimate of drug-likeness (QED) is 0.0994. The van der Waals surface area contributed by atoms with E-state index in [2.05, 4.69) is 138 Å². The van der Waals surface area contributed by atoms with Gasteiger partial charge in [-0.3, -0.25) is 9.59 Å². The molecule has 0 saturated heterocycles. The van der Waals surface area contributed by atoms with Gasteiger partial charge in [-0.25, -0.2) is 9.97 Å². The van der Waals surface area contributed by atoms with Crippen molar-refractivity contribution in [3.63, 3.8) is 0 Å². The molecule has 2 saturated carbocycles. The van der Waals surface area contributed by atoms with Gasteiger partial charge in [-0.2, -0.15) is 0 Å². The molecule has 2 aliphatic rings. The van der Waals surface area contributed by atoms with Gasteiger partial charge in [0.25, 0.3) is 0 Å². The third-order valence-corrected chi connectivity index (χ3v) is 12.6. The van der Waals surface area contributed by atoms with Crippen LogP contribution in [0.15, 0.2) is 60.9 Å². The number of nitrogens with zero attached hydrogens (tertiary/aromatic N) is 2. The van der Waals surface area contributed by atoms with Crippen LogP contribution in [0.5, 0.6) is 0 Å². The third kappa shape index (κ3) is 9.13. The van der Waals surface area contributed by atoms with E-state index in [1.165, 1.54) is 0 Å². The Morgan fingerprint density at radius 2 is 0.839 bits per heavy atom. The van der Waals surface area contributed by atoms with E-state index in [1.807, 2.05) is 12.4 Å². The van der Waals surface area contributed by atoms with Gasteiger partial charge in [-0.15, -0.1) is 0 Å². The second-order valence-electron chi connectivity index (χ2n) is 20.7. The van der Waals surface area contributed by atoms with E-state index in [-0.39, 0.29) is 45.6 Å². The van der Waals surface area contributed by atoms with Crippen molar-refractivity contribution in [2.24, 2.45) is 33.1 Å². The summed E-state index contributed by atoms with van der Waals surface area (Å²) in [4.78, 5) is 43.8. The van der Waals surface area contributed by atoms with Gasteiger partial charge in [-0.1, -0.05) is 118 Å². The van der Waals surface area contributed by atoms with Gasteiger partial charge < -0.3 is 32.1 Å². The Balaban J connectivity index is 1.12. The van der Waals surface area contributed by atoms with Crippen LogP contribution in [0, 0.1) is 21.7 Å². The van der Waals surface area contributed by atoms with Gasteiger partial charge >= 0.3 is 0 Å². The smallest absolute Gasteiger partial charge is 0.240 e. The van der Waals surface area contributed by atoms with E-state index >= 15 is 0 Å². The molecule has 8 N–H and O–H groups in total. The molecule has 0 bridgehead atoms. The standard InChI is InChI=1S/C46H66N8O2/c1-41(2,3)35(53-39(55)45(47)23-19-43(7,8)20-24-45)37-49-27-33(51-37)31-15-11-29(12-16-31)30-13-17-32(18-14-30)34-28-50-38(52-34)36(42(4,5)6)54-40(56)46(48)25-21-44(9,10)22-26-46/h11-18,27-28,35-36H,19-26,47-48H2,1-10H3,(H,49,51)(H,50,52)(H,53,55)(H,54,56)/t35-,36-/m1/s1. The summed E-state index contributed by atoms with van der Waals surface area (Å²) in [6.07, 6.45) is 10.3. The first-order valence-electron chi connectivity index (χ1n) is 20.5. The largest absolute Gasteiger partial charge is 0.346 e. The maximum Gasteiger partial charge on any atom is 0.240 e. The van der Waals surface area contributed by atoms with Crippen LogP contribution in [0.4, 0.5) is 0 Å². The summed E-state index contributed by atoms with van der Waals surface area (Å²) in [7, 11) is 0. The van der Waals surface area contributed by atoms with Gasteiger partial charge in [0.15, 0.2) is 0 Å². The SMILES string of the molecule is CC1(C)CCC(N)(C(=O)N[C@H](c2nc(-c3ccc(-c4ccc(-c5c[nH]c([C@@H](NC(=O)C6(N)CCC(C)(C)CC6)C(C)(C)C)n5)cc4)cc3)c[nH]2)C(C)(C)C)CC1. The molecule has 2 aromatic carbocycles. The molecule has 0 radical (unpaired) electrons. The topological polar surface area (TPSA) is 168 Å². The molecule has 0 spiro atoms. The molecular formula is C46H66N8O2. The van der Waals surface area contributed by atoms with Gasteiger partial charge in [0.1, 0.15) is 11.6 Å². The summed E-state index contributed by atoms with van der Waals surface area (Å²) in [6, 6.07) is 16.1. The Labute approximate surface area is 334 Å². The number of imidazole rings is 2. The molecule has 10 heteroatoms. The van der Waals surface area contributed by atoms with E-state index in [0.29, 0.717) is 25.7 Å². The molecule has 2 aromatic heterocycles. The highest BCUT2D eigenvalue weighted by atomic mass is 16.2. The first kappa shape index (κ1) is 41.4. The molecule has 2 amide bonds. The van der Waals surface area contributed by atoms with Gasteiger partial charge in [0, 0.05) is 23.5 Å². The lowest BCUT2D eigenvalue weighted by atomic mass is 9.69. The van der Waals surface area contributed by atoms with Gasteiger partial charge in [0.2, 0.25) is 11.8 Å². The van der Waals surface area contributed by atoms with Crippen LogP contribution in [0.3, 0.4) is 0 Å². The summed E-state index contributed by atoms with van der Waals surface area (Å²) in [5.74, 6) is 1.23. The highest BCUT2D eigenvalue weighted by Gasteiger charge is 2.44. The lowest BCUT2D eigenvalue weighted by Gasteiger charge is -2.41. The Morgan fingerprint density at radius 1 is 0.554 bits per heavy atom. The van der Waals surface area contributed by atoms with Crippen molar-refractivity contribution in [3.8, 4) is 33.6 Å². The van der Waals surface area contributed by atoms with Crippen LogP contribution >= 0.6 is 0 Å². The Kier molecular flexibility index (Phi) is 11.0. The highest BCUT2D eigenvalue weighted by molar-refractivity contribution is 5.87. The number of nitrogens with one attached hydrogen (secondary N) is 4. The van der Waals surface area contributed by atoms with Gasteiger partial charge in [-0.05, 0) is 84.2 Å². The average molecular weight is 763 g/mol. The zero-order chi connectivity index (χ0) is 40.9. The molecule has 2 heterocycles. The zero-order valence-corrected chi connectivity index (χ0v) is 35.5.